The molecule has 0 bridgehead atoms. The second-order valence-electron chi connectivity index (χ2n) is 5.11. The summed E-state index contributed by atoms with van der Waals surface area (Å²) in [4.78, 5) is 0. The molecule has 1 fully saturated rings. The predicted molar refractivity (Wildman–Crippen MR) is 65.3 cm³/mol. The number of aryl methyl sites for hydroxylation is 1. The molecule has 2 atom stereocenters. The number of hydrogen-bond donors (Lipinski definition) is 1. The molecule has 1 aliphatic carbocycles. The first kappa shape index (κ1) is 11.0. The van der Waals surface area contributed by atoms with Crippen molar-refractivity contribution in [3.63, 3.8) is 0 Å². The lowest BCUT2D eigenvalue weighted by molar-refractivity contribution is 0.558. The van der Waals surface area contributed by atoms with Gasteiger partial charge in [-0.25, -0.2) is 0 Å². The summed E-state index contributed by atoms with van der Waals surface area (Å²) in [5.41, 5.74) is 8.70. The average Bonchev–Trinajstić information content (AvgIpc) is 2.68. The van der Waals surface area contributed by atoms with E-state index in [1.165, 1.54) is 11.1 Å². The first-order valence-corrected chi connectivity index (χ1v) is 5.83. The lowest BCUT2D eigenvalue weighted by atomic mass is 9.99. The number of halogens is 1. The molecule has 0 heterocycles. The van der Waals surface area contributed by atoms with E-state index in [2.05, 4.69) is 26.8 Å². The zero-order valence-corrected chi connectivity index (χ0v) is 10.3. The maximum absolute atomic E-state index is 6.27. The van der Waals surface area contributed by atoms with Crippen LogP contribution in [0.15, 0.2) is 18.2 Å². The molecular weight excluding hydrogens is 206 g/mol. The van der Waals surface area contributed by atoms with Gasteiger partial charge in [0.15, 0.2) is 0 Å². The van der Waals surface area contributed by atoms with Crippen LogP contribution in [0.4, 0.5) is 0 Å². The van der Waals surface area contributed by atoms with Gasteiger partial charge in [0.2, 0.25) is 0 Å². The van der Waals surface area contributed by atoms with Crippen LogP contribution in [0.3, 0.4) is 0 Å². The standard InChI is InChI=1S/C13H18ClN/c1-8-5-4-6-10(14)11(8)12-9(7-15)13(12,2)3/h4-6,9,12H,7,15H2,1-3H3. The summed E-state index contributed by atoms with van der Waals surface area (Å²) in [6, 6.07) is 6.11. The van der Waals surface area contributed by atoms with Crippen molar-refractivity contribution in [1.82, 2.24) is 0 Å². The Bertz CT molecular complexity index is 364. The summed E-state index contributed by atoms with van der Waals surface area (Å²) in [6.45, 7) is 7.43. The molecule has 2 unspecified atom stereocenters. The minimum atomic E-state index is 0.310. The number of benzene rings is 1. The third-order valence-corrected chi connectivity index (χ3v) is 4.22. The smallest absolute Gasteiger partial charge is 0.0443 e. The number of rotatable bonds is 2. The van der Waals surface area contributed by atoms with Crippen molar-refractivity contribution < 1.29 is 0 Å². The summed E-state index contributed by atoms with van der Waals surface area (Å²) in [7, 11) is 0. The third-order valence-electron chi connectivity index (χ3n) is 3.89. The van der Waals surface area contributed by atoms with Gasteiger partial charge in [0, 0.05) is 5.02 Å². The van der Waals surface area contributed by atoms with E-state index in [9.17, 15) is 0 Å². The highest BCUT2D eigenvalue weighted by atomic mass is 35.5. The Kier molecular flexibility index (Phi) is 2.56. The average molecular weight is 224 g/mol. The maximum atomic E-state index is 6.27. The lowest BCUT2D eigenvalue weighted by Crippen LogP contribution is -2.05. The highest BCUT2D eigenvalue weighted by molar-refractivity contribution is 6.31. The highest BCUT2D eigenvalue weighted by Gasteiger charge is 2.58. The van der Waals surface area contributed by atoms with Crippen LogP contribution in [0, 0.1) is 18.3 Å². The van der Waals surface area contributed by atoms with Crippen molar-refractivity contribution in [3.05, 3.63) is 34.3 Å². The zero-order chi connectivity index (χ0) is 11.2. The van der Waals surface area contributed by atoms with E-state index in [-0.39, 0.29) is 0 Å². The van der Waals surface area contributed by atoms with Gasteiger partial charge in [-0.15, -0.1) is 0 Å². The Labute approximate surface area is 96.6 Å². The normalized spacial score (nSPS) is 27.8. The molecule has 1 nitrogen and oxygen atoms in total. The SMILES string of the molecule is Cc1cccc(Cl)c1C1C(CN)C1(C)C. The van der Waals surface area contributed by atoms with Crippen molar-refractivity contribution in [2.75, 3.05) is 6.54 Å². The van der Waals surface area contributed by atoms with Gasteiger partial charge in [-0.05, 0) is 47.9 Å². The Morgan fingerprint density at radius 3 is 2.53 bits per heavy atom. The number of hydrogen-bond acceptors (Lipinski definition) is 1. The van der Waals surface area contributed by atoms with Crippen LogP contribution < -0.4 is 5.73 Å². The van der Waals surface area contributed by atoms with E-state index >= 15 is 0 Å². The largest absolute Gasteiger partial charge is 0.330 e. The van der Waals surface area contributed by atoms with Gasteiger partial charge in [-0.2, -0.15) is 0 Å². The van der Waals surface area contributed by atoms with Gasteiger partial charge in [0.25, 0.3) is 0 Å². The van der Waals surface area contributed by atoms with E-state index in [1.54, 1.807) is 0 Å². The van der Waals surface area contributed by atoms with Crippen LogP contribution in [0.2, 0.25) is 5.02 Å². The topological polar surface area (TPSA) is 26.0 Å². The molecule has 1 aliphatic rings. The highest BCUT2D eigenvalue weighted by Crippen LogP contribution is 2.65. The van der Waals surface area contributed by atoms with Gasteiger partial charge in [0.05, 0.1) is 0 Å². The third kappa shape index (κ3) is 1.58. The van der Waals surface area contributed by atoms with Crippen LogP contribution in [0.25, 0.3) is 0 Å². The second kappa shape index (κ2) is 3.50. The van der Waals surface area contributed by atoms with Gasteiger partial charge in [0.1, 0.15) is 0 Å². The molecule has 1 aromatic carbocycles. The van der Waals surface area contributed by atoms with Crippen molar-refractivity contribution in [1.29, 1.82) is 0 Å². The molecule has 15 heavy (non-hydrogen) atoms. The van der Waals surface area contributed by atoms with Crippen LogP contribution in [-0.2, 0) is 0 Å². The van der Waals surface area contributed by atoms with Gasteiger partial charge in [-0.1, -0.05) is 37.6 Å². The fourth-order valence-electron chi connectivity index (χ4n) is 2.80. The summed E-state index contributed by atoms with van der Waals surface area (Å²) in [5.74, 6) is 1.12. The fourth-order valence-corrected chi connectivity index (χ4v) is 3.14. The monoisotopic (exact) mass is 223 g/mol. The predicted octanol–water partition coefficient (Wildman–Crippen LogP) is 3.35. The number of nitrogens with two attached hydrogens (primary N) is 1. The van der Waals surface area contributed by atoms with Crippen LogP contribution in [0.5, 0.6) is 0 Å². The van der Waals surface area contributed by atoms with Crippen LogP contribution in [-0.4, -0.2) is 6.54 Å². The summed E-state index contributed by atoms with van der Waals surface area (Å²) >= 11 is 6.27. The molecule has 2 rings (SSSR count). The Balaban J connectivity index is 2.41. The quantitative estimate of drug-likeness (QED) is 0.818. The molecule has 0 radical (unpaired) electrons. The van der Waals surface area contributed by atoms with Crippen molar-refractivity contribution in [2.24, 2.45) is 17.1 Å². The lowest BCUT2D eigenvalue weighted by Gasteiger charge is -2.09. The second-order valence-corrected chi connectivity index (χ2v) is 5.52. The molecule has 0 amide bonds. The van der Waals surface area contributed by atoms with E-state index in [1.807, 2.05) is 12.1 Å². The van der Waals surface area contributed by atoms with Crippen LogP contribution in [0.1, 0.15) is 30.9 Å². The summed E-state index contributed by atoms with van der Waals surface area (Å²) in [5, 5.41) is 0.893. The van der Waals surface area contributed by atoms with Gasteiger partial charge in [-0.3, -0.25) is 0 Å². The summed E-state index contributed by atoms with van der Waals surface area (Å²) < 4.78 is 0. The van der Waals surface area contributed by atoms with Crippen LogP contribution >= 0.6 is 11.6 Å². The first-order chi connectivity index (χ1) is 7.00. The van der Waals surface area contributed by atoms with Crippen molar-refractivity contribution in [2.45, 2.75) is 26.7 Å². The maximum Gasteiger partial charge on any atom is 0.0443 e. The van der Waals surface area contributed by atoms with E-state index in [4.69, 9.17) is 17.3 Å². The van der Waals surface area contributed by atoms with E-state index < -0.39 is 0 Å². The van der Waals surface area contributed by atoms with Gasteiger partial charge < -0.3 is 5.73 Å². The zero-order valence-electron chi connectivity index (χ0n) is 9.55. The Morgan fingerprint density at radius 1 is 1.40 bits per heavy atom. The molecule has 82 valence electrons. The molecule has 2 N–H and O–H groups in total. The minimum Gasteiger partial charge on any atom is -0.330 e. The van der Waals surface area contributed by atoms with E-state index in [0.717, 1.165) is 11.6 Å². The van der Waals surface area contributed by atoms with E-state index in [0.29, 0.717) is 17.3 Å². The Morgan fingerprint density at radius 2 is 2.07 bits per heavy atom. The molecular formula is C13H18ClN. The minimum absolute atomic E-state index is 0.310. The molecule has 1 saturated carbocycles. The molecule has 2 heteroatoms. The molecule has 0 aliphatic heterocycles. The molecule has 0 spiro atoms. The molecule has 0 saturated heterocycles. The van der Waals surface area contributed by atoms with Crippen molar-refractivity contribution in [3.8, 4) is 0 Å². The van der Waals surface area contributed by atoms with Gasteiger partial charge >= 0.3 is 0 Å². The van der Waals surface area contributed by atoms with Crippen molar-refractivity contribution >= 4 is 11.6 Å². The molecule has 1 aromatic rings. The first-order valence-electron chi connectivity index (χ1n) is 5.45. The fraction of sp³-hybridized carbons (Fsp3) is 0.538. The molecule has 0 aromatic heterocycles. The summed E-state index contributed by atoms with van der Waals surface area (Å²) in [6.07, 6.45) is 0. The Hall–Kier alpha value is -0.530.